The maximum atomic E-state index is 12.4. The number of rotatable bonds is 3. The highest BCUT2D eigenvalue weighted by Crippen LogP contribution is 2.20. The van der Waals surface area contributed by atoms with Gasteiger partial charge in [0.1, 0.15) is 6.67 Å². The Bertz CT molecular complexity index is 501. The maximum absolute atomic E-state index is 12.4. The van der Waals surface area contributed by atoms with Crippen molar-refractivity contribution in [1.82, 2.24) is 4.98 Å². The van der Waals surface area contributed by atoms with Crippen molar-refractivity contribution in [3.63, 3.8) is 0 Å². The highest BCUT2D eigenvalue weighted by atomic mass is 19.4. The fourth-order valence-corrected chi connectivity index (χ4v) is 1.18. The summed E-state index contributed by atoms with van der Waals surface area (Å²) in [6.07, 6.45) is -4.90. The first-order valence-electron chi connectivity index (χ1n) is 4.31. The molecule has 4 nitrogen and oxygen atoms in total. The van der Waals surface area contributed by atoms with Crippen molar-refractivity contribution in [2.45, 2.75) is 19.5 Å². The second-order valence-electron chi connectivity index (χ2n) is 2.96. The van der Waals surface area contributed by atoms with Crippen molar-refractivity contribution in [1.29, 1.82) is 5.26 Å². The van der Waals surface area contributed by atoms with E-state index in [1.54, 1.807) is 6.07 Å². The molecule has 0 aliphatic carbocycles. The molecule has 0 bridgehead atoms. The van der Waals surface area contributed by atoms with Gasteiger partial charge in [0.25, 0.3) is 0 Å². The van der Waals surface area contributed by atoms with E-state index >= 15 is 0 Å². The summed E-state index contributed by atoms with van der Waals surface area (Å²) in [6.45, 7) is -1.08. The maximum Gasteiger partial charge on any atom is 0.573 e. The average molecular weight is 250 g/mol. The third kappa shape index (κ3) is 3.21. The monoisotopic (exact) mass is 250 g/mol. The standard InChI is InChI=1S/C9H6F4N2O2/c10-3-6-5(1-2-14)8(16)7(4-15-6)17-9(11,12)13/h4H,1,3H2,(H,15,16). The summed E-state index contributed by atoms with van der Waals surface area (Å²) in [6, 6.07) is 1.57. The van der Waals surface area contributed by atoms with Gasteiger partial charge in [-0.1, -0.05) is 0 Å². The van der Waals surface area contributed by atoms with Crippen LogP contribution in [0.2, 0.25) is 0 Å². The summed E-state index contributed by atoms with van der Waals surface area (Å²) < 4.78 is 51.6. The molecule has 0 fully saturated rings. The molecule has 17 heavy (non-hydrogen) atoms. The van der Waals surface area contributed by atoms with E-state index in [1.165, 1.54) is 0 Å². The van der Waals surface area contributed by atoms with Crippen LogP contribution in [0.15, 0.2) is 11.0 Å². The molecular formula is C9H6F4N2O2. The third-order valence-corrected chi connectivity index (χ3v) is 1.85. The third-order valence-electron chi connectivity index (χ3n) is 1.85. The van der Waals surface area contributed by atoms with E-state index in [4.69, 9.17) is 5.26 Å². The molecule has 1 N–H and O–H groups in total. The SMILES string of the molecule is N#CCc1c(CF)[nH]cc(OC(F)(F)F)c1=O. The van der Waals surface area contributed by atoms with E-state index in [0.717, 1.165) is 0 Å². The van der Waals surface area contributed by atoms with E-state index in [1.807, 2.05) is 0 Å². The van der Waals surface area contributed by atoms with Gasteiger partial charge in [-0.25, -0.2) is 4.39 Å². The number of hydrogen-bond acceptors (Lipinski definition) is 3. The lowest BCUT2D eigenvalue weighted by molar-refractivity contribution is -0.275. The van der Waals surface area contributed by atoms with Gasteiger partial charge in [-0.2, -0.15) is 5.26 Å². The number of H-pyrrole nitrogens is 1. The lowest BCUT2D eigenvalue weighted by Crippen LogP contribution is -2.24. The van der Waals surface area contributed by atoms with Gasteiger partial charge in [0, 0.05) is 11.8 Å². The number of halogens is 4. The summed E-state index contributed by atoms with van der Waals surface area (Å²) in [5.74, 6) is -1.01. The topological polar surface area (TPSA) is 65.9 Å². The minimum atomic E-state index is -5.02. The second kappa shape index (κ2) is 4.86. The number of nitrogens with zero attached hydrogens (tertiary/aromatic N) is 1. The number of aromatic amines is 1. The van der Waals surface area contributed by atoms with Gasteiger partial charge in [-0.05, 0) is 0 Å². The fraction of sp³-hybridized carbons (Fsp3) is 0.333. The van der Waals surface area contributed by atoms with Crippen molar-refractivity contribution >= 4 is 0 Å². The summed E-state index contributed by atoms with van der Waals surface area (Å²) >= 11 is 0. The first kappa shape index (κ1) is 13.0. The Hall–Kier alpha value is -2.04. The quantitative estimate of drug-likeness (QED) is 0.832. The Balaban J connectivity index is 3.24. The van der Waals surface area contributed by atoms with Crippen LogP contribution in [0.25, 0.3) is 0 Å². The zero-order valence-corrected chi connectivity index (χ0v) is 8.27. The average Bonchev–Trinajstić information content (AvgIpc) is 2.23. The molecule has 0 aliphatic rings. The number of alkyl halides is 4. The van der Waals surface area contributed by atoms with Gasteiger partial charge < -0.3 is 9.72 Å². The molecule has 1 aromatic heterocycles. The van der Waals surface area contributed by atoms with Crippen LogP contribution >= 0.6 is 0 Å². The van der Waals surface area contributed by atoms with Gasteiger partial charge >= 0.3 is 6.36 Å². The first-order chi connectivity index (χ1) is 7.89. The summed E-state index contributed by atoms with van der Waals surface area (Å²) in [5, 5.41) is 8.40. The van der Waals surface area contributed by atoms with Crippen molar-refractivity contribution in [3.05, 3.63) is 27.7 Å². The molecule has 0 unspecified atom stereocenters. The van der Waals surface area contributed by atoms with Crippen molar-refractivity contribution < 1.29 is 22.3 Å². The van der Waals surface area contributed by atoms with E-state index in [0.29, 0.717) is 6.20 Å². The van der Waals surface area contributed by atoms with Crippen LogP contribution in [0.5, 0.6) is 5.75 Å². The number of hydrogen-bond donors (Lipinski definition) is 1. The van der Waals surface area contributed by atoms with E-state index in [2.05, 4.69) is 9.72 Å². The zero-order valence-electron chi connectivity index (χ0n) is 8.27. The van der Waals surface area contributed by atoms with E-state index in [-0.39, 0.29) is 11.3 Å². The first-order valence-corrected chi connectivity index (χ1v) is 4.31. The van der Waals surface area contributed by atoms with Crippen LogP contribution in [0.1, 0.15) is 11.3 Å². The van der Waals surface area contributed by atoms with Gasteiger partial charge in [0.15, 0.2) is 5.75 Å². The number of pyridine rings is 1. The number of ether oxygens (including phenoxy) is 1. The molecule has 92 valence electrons. The highest BCUT2D eigenvalue weighted by molar-refractivity contribution is 5.31. The molecule has 1 heterocycles. The number of nitriles is 1. The van der Waals surface area contributed by atoms with Crippen LogP contribution < -0.4 is 10.2 Å². The molecule has 0 amide bonds. The lowest BCUT2D eigenvalue weighted by Gasteiger charge is -2.10. The lowest BCUT2D eigenvalue weighted by atomic mass is 10.1. The Kier molecular flexibility index (Phi) is 3.73. The minimum Gasteiger partial charge on any atom is -0.400 e. The Morgan fingerprint density at radius 1 is 1.47 bits per heavy atom. The molecule has 8 heteroatoms. The molecule has 1 rings (SSSR count). The molecule has 0 saturated heterocycles. The Labute approximate surface area is 92.4 Å². The molecule has 0 saturated carbocycles. The molecule has 0 radical (unpaired) electrons. The Morgan fingerprint density at radius 3 is 2.59 bits per heavy atom. The highest BCUT2D eigenvalue weighted by Gasteiger charge is 2.32. The molecule has 0 aliphatic heterocycles. The summed E-state index contributed by atoms with van der Waals surface area (Å²) in [7, 11) is 0. The molecule has 0 atom stereocenters. The predicted octanol–water partition coefficient (Wildman–Crippen LogP) is 1.81. The van der Waals surface area contributed by atoms with Crippen LogP contribution in [0.4, 0.5) is 17.6 Å². The second-order valence-corrected chi connectivity index (χ2v) is 2.96. The van der Waals surface area contributed by atoms with E-state index < -0.39 is 30.6 Å². The van der Waals surface area contributed by atoms with Crippen molar-refractivity contribution in [2.75, 3.05) is 0 Å². The molecule has 1 aromatic rings. The summed E-state index contributed by atoms with van der Waals surface area (Å²) in [4.78, 5) is 13.6. The van der Waals surface area contributed by atoms with Gasteiger partial charge in [-0.3, -0.25) is 4.79 Å². The smallest absolute Gasteiger partial charge is 0.400 e. The normalized spacial score (nSPS) is 11.0. The molecular weight excluding hydrogens is 244 g/mol. The predicted molar refractivity (Wildman–Crippen MR) is 47.9 cm³/mol. The minimum absolute atomic E-state index is 0.230. The number of nitrogens with one attached hydrogen (secondary N) is 1. The van der Waals surface area contributed by atoms with Crippen LogP contribution in [0.3, 0.4) is 0 Å². The van der Waals surface area contributed by atoms with Crippen LogP contribution in [-0.2, 0) is 13.1 Å². The summed E-state index contributed by atoms with van der Waals surface area (Å²) in [5.41, 5.74) is -1.74. The van der Waals surface area contributed by atoms with Crippen LogP contribution in [0, 0.1) is 11.3 Å². The fourth-order valence-electron chi connectivity index (χ4n) is 1.18. The van der Waals surface area contributed by atoms with Gasteiger partial charge in [-0.15, -0.1) is 13.2 Å². The van der Waals surface area contributed by atoms with Gasteiger partial charge in [0.2, 0.25) is 5.43 Å². The molecule has 0 spiro atoms. The van der Waals surface area contributed by atoms with Crippen LogP contribution in [-0.4, -0.2) is 11.3 Å². The van der Waals surface area contributed by atoms with Gasteiger partial charge in [0.05, 0.1) is 18.2 Å². The Morgan fingerprint density at radius 2 is 2.12 bits per heavy atom. The van der Waals surface area contributed by atoms with E-state index in [9.17, 15) is 22.4 Å². The molecule has 0 aromatic carbocycles. The van der Waals surface area contributed by atoms with Crippen molar-refractivity contribution in [2.24, 2.45) is 0 Å². The zero-order chi connectivity index (χ0) is 13.1. The number of aromatic nitrogens is 1. The van der Waals surface area contributed by atoms with Crippen molar-refractivity contribution in [3.8, 4) is 11.8 Å². The largest absolute Gasteiger partial charge is 0.573 e.